The number of benzene rings is 5. The molecule has 9 rings (SSSR count). The van der Waals surface area contributed by atoms with Crippen LogP contribution in [0.4, 0.5) is 0 Å². The topological polar surface area (TPSA) is 51.8 Å². The predicted molar refractivity (Wildman–Crippen MR) is 218 cm³/mol. The SMILES string of the molecule is Cc1c[c-]c(-c2cc(C)c(C)cn2)cc1C.Cc1ccc2c(-c3cc(Cc4ccc5cc(-c6ccccc6)ccc5c4)ccn3)[c-]c3ccoc3c2n1.[Ir]. The van der Waals surface area contributed by atoms with E-state index in [0.717, 1.165) is 56.5 Å². The maximum absolute atomic E-state index is 5.73. The molecule has 9 aromatic rings. The van der Waals surface area contributed by atoms with Gasteiger partial charge in [-0.2, -0.15) is 0 Å². The second-order valence-corrected chi connectivity index (χ2v) is 13.9. The van der Waals surface area contributed by atoms with E-state index in [1.54, 1.807) is 6.26 Å². The summed E-state index contributed by atoms with van der Waals surface area (Å²) in [6.45, 7) is 10.4. The third-order valence-electron chi connectivity index (χ3n) is 10.0. The Bertz CT molecular complexity index is 2720. The summed E-state index contributed by atoms with van der Waals surface area (Å²) >= 11 is 0. The van der Waals surface area contributed by atoms with Crippen LogP contribution in [0.1, 0.15) is 39.1 Å². The fourth-order valence-corrected chi connectivity index (χ4v) is 6.69. The largest absolute Gasteiger partial charge is 0.506 e. The molecule has 0 saturated carbocycles. The molecule has 54 heavy (non-hydrogen) atoms. The zero-order valence-corrected chi connectivity index (χ0v) is 33.4. The van der Waals surface area contributed by atoms with Gasteiger partial charge in [-0.05, 0) is 89.7 Å². The van der Waals surface area contributed by atoms with E-state index in [4.69, 9.17) is 14.4 Å². The molecular weight excluding hydrogens is 839 g/mol. The summed E-state index contributed by atoms with van der Waals surface area (Å²) in [5.41, 5.74) is 16.5. The van der Waals surface area contributed by atoms with E-state index in [1.165, 1.54) is 55.3 Å². The number of hydrogen-bond donors (Lipinski definition) is 0. The molecule has 0 spiro atoms. The van der Waals surface area contributed by atoms with E-state index in [-0.39, 0.29) is 20.1 Å². The molecule has 4 nitrogen and oxygen atoms in total. The molecule has 0 aliphatic heterocycles. The van der Waals surface area contributed by atoms with Crippen molar-refractivity contribution in [3.63, 3.8) is 0 Å². The quantitative estimate of drug-likeness (QED) is 0.162. The van der Waals surface area contributed by atoms with Crippen molar-refractivity contribution < 1.29 is 24.5 Å². The first-order valence-electron chi connectivity index (χ1n) is 17.9. The van der Waals surface area contributed by atoms with Crippen molar-refractivity contribution in [2.24, 2.45) is 0 Å². The van der Waals surface area contributed by atoms with Crippen LogP contribution >= 0.6 is 0 Å². The average Bonchev–Trinajstić information content (AvgIpc) is 3.67. The van der Waals surface area contributed by atoms with Gasteiger partial charge >= 0.3 is 0 Å². The van der Waals surface area contributed by atoms with Crippen molar-refractivity contribution in [1.82, 2.24) is 15.0 Å². The zero-order chi connectivity index (χ0) is 36.5. The Hall–Kier alpha value is -5.74. The van der Waals surface area contributed by atoms with Crippen LogP contribution in [0.5, 0.6) is 0 Å². The van der Waals surface area contributed by atoms with Gasteiger partial charge in [-0.25, -0.2) is 0 Å². The Morgan fingerprint density at radius 2 is 1.41 bits per heavy atom. The Labute approximate surface area is 330 Å². The molecule has 5 aromatic carbocycles. The van der Waals surface area contributed by atoms with Gasteiger partial charge in [0.1, 0.15) is 0 Å². The summed E-state index contributed by atoms with van der Waals surface area (Å²) in [7, 11) is 0. The number of rotatable bonds is 5. The Morgan fingerprint density at radius 1 is 0.630 bits per heavy atom. The summed E-state index contributed by atoms with van der Waals surface area (Å²) < 4.78 is 5.73. The molecule has 0 aliphatic rings. The fourth-order valence-electron chi connectivity index (χ4n) is 6.69. The van der Waals surface area contributed by atoms with Gasteiger partial charge in [-0.15, -0.1) is 41.0 Å². The van der Waals surface area contributed by atoms with E-state index in [2.05, 4.69) is 142 Å². The van der Waals surface area contributed by atoms with Crippen LogP contribution in [0.25, 0.3) is 66.3 Å². The summed E-state index contributed by atoms with van der Waals surface area (Å²) in [5.74, 6) is 0. The minimum absolute atomic E-state index is 0. The van der Waals surface area contributed by atoms with Crippen LogP contribution in [0.3, 0.4) is 0 Å². The van der Waals surface area contributed by atoms with E-state index >= 15 is 0 Å². The minimum atomic E-state index is 0. The van der Waals surface area contributed by atoms with E-state index < -0.39 is 0 Å². The van der Waals surface area contributed by atoms with Gasteiger partial charge in [-0.3, -0.25) is 9.97 Å². The van der Waals surface area contributed by atoms with Crippen molar-refractivity contribution in [2.45, 2.75) is 41.0 Å². The van der Waals surface area contributed by atoms with Crippen LogP contribution < -0.4 is 0 Å². The van der Waals surface area contributed by atoms with E-state index in [1.807, 2.05) is 37.5 Å². The van der Waals surface area contributed by atoms with Crippen LogP contribution in [-0.4, -0.2) is 15.0 Å². The number of aryl methyl sites for hydroxylation is 5. The van der Waals surface area contributed by atoms with Gasteiger partial charge in [0.2, 0.25) is 0 Å². The normalized spacial score (nSPS) is 11.0. The monoisotopic (exact) mass is 878 g/mol. The van der Waals surface area contributed by atoms with Crippen LogP contribution in [0, 0.1) is 46.8 Å². The van der Waals surface area contributed by atoms with Gasteiger partial charge in [0.25, 0.3) is 0 Å². The van der Waals surface area contributed by atoms with Gasteiger partial charge in [-0.1, -0.05) is 121 Å². The molecule has 0 saturated heterocycles. The molecule has 0 N–H and O–H groups in total. The second kappa shape index (κ2) is 15.7. The standard InChI is InChI=1S/C34H23N2O.C15H16N.Ir/c1-22-7-12-30-31(21-29-14-16-37-34(29)33(30)36-22)32-19-24(13-15-35-32)17-23-8-9-28-20-27(11-10-26(28)18-23)25-5-3-2-4-6-25;1-10-5-6-14(7-11(10)2)15-8-12(3)13(4)9-16-15;/h2-16,18-20H,17H2,1H3;5,7-9H,1-4H3;/q2*-1;. The molecule has 0 aliphatic carbocycles. The molecular formula is C49H39IrN3O-2. The van der Waals surface area contributed by atoms with Gasteiger partial charge in [0, 0.05) is 55.7 Å². The van der Waals surface area contributed by atoms with Crippen molar-refractivity contribution >= 4 is 32.6 Å². The van der Waals surface area contributed by atoms with E-state index in [9.17, 15) is 0 Å². The Kier molecular flexibility index (Phi) is 10.6. The number of nitrogens with zero attached hydrogens (tertiary/aromatic N) is 3. The first kappa shape index (κ1) is 36.6. The first-order chi connectivity index (χ1) is 25.8. The number of hydrogen-bond acceptors (Lipinski definition) is 4. The number of aromatic nitrogens is 3. The Balaban J connectivity index is 0.000000223. The van der Waals surface area contributed by atoms with Gasteiger partial charge in [0.05, 0.1) is 5.58 Å². The van der Waals surface area contributed by atoms with Crippen molar-refractivity contribution in [1.29, 1.82) is 0 Å². The van der Waals surface area contributed by atoms with Crippen molar-refractivity contribution in [2.75, 3.05) is 0 Å². The molecule has 4 heterocycles. The average molecular weight is 878 g/mol. The zero-order valence-electron chi connectivity index (χ0n) is 31.0. The fraction of sp³-hybridized carbons (Fsp3) is 0.122. The maximum atomic E-state index is 5.73. The van der Waals surface area contributed by atoms with Crippen molar-refractivity contribution in [3.05, 3.63) is 185 Å². The summed E-state index contributed by atoms with van der Waals surface area (Å²) in [6.07, 6.45) is 6.34. The van der Waals surface area contributed by atoms with Crippen LogP contribution in [0.15, 0.2) is 138 Å². The maximum Gasteiger partial charge on any atom is 0.0847 e. The molecule has 0 bridgehead atoms. The number of pyridine rings is 3. The van der Waals surface area contributed by atoms with Crippen molar-refractivity contribution in [3.8, 4) is 33.6 Å². The third kappa shape index (κ3) is 7.65. The molecule has 4 aromatic heterocycles. The van der Waals surface area contributed by atoms with Gasteiger partial charge < -0.3 is 9.40 Å². The molecule has 0 atom stereocenters. The van der Waals surface area contributed by atoms with Gasteiger partial charge in [0.15, 0.2) is 0 Å². The molecule has 0 amide bonds. The predicted octanol–water partition coefficient (Wildman–Crippen LogP) is 12.3. The van der Waals surface area contributed by atoms with E-state index in [0.29, 0.717) is 0 Å². The molecule has 0 fully saturated rings. The third-order valence-corrected chi connectivity index (χ3v) is 10.0. The van der Waals surface area contributed by atoms with Crippen LogP contribution in [0.2, 0.25) is 0 Å². The number of furan rings is 1. The molecule has 5 heteroatoms. The summed E-state index contributed by atoms with van der Waals surface area (Å²) in [4.78, 5) is 13.9. The second-order valence-electron chi connectivity index (χ2n) is 13.9. The summed E-state index contributed by atoms with van der Waals surface area (Å²) in [5, 5.41) is 4.41. The molecule has 0 unspecified atom stereocenters. The summed E-state index contributed by atoms with van der Waals surface area (Å²) in [6, 6.07) is 47.3. The smallest absolute Gasteiger partial charge is 0.0847 e. The molecule has 1 radical (unpaired) electrons. The first-order valence-corrected chi connectivity index (χ1v) is 17.9. The minimum Gasteiger partial charge on any atom is -0.506 e. The number of fused-ring (bicyclic) bond motifs is 4. The molecule has 267 valence electrons. The van der Waals surface area contributed by atoms with Crippen LogP contribution in [-0.2, 0) is 26.5 Å². The Morgan fingerprint density at radius 3 is 2.22 bits per heavy atom.